The Hall–Kier alpha value is -4.10. The number of aromatic carboxylic acids is 1. The molecule has 1 heterocycles. The van der Waals surface area contributed by atoms with Gasteiger partial charge in [-0.3, -0.25) is 0 Å². The summed E-state index contributed by atoms with van der Waals surface area (Å²) in [5.41, 5.74) is 8.73. The zero-order valence-corrected chi connectivity index (χ0v) is 20.0. The SMILES string of the molecule is C/C=C/CCCOC(=O)N=c1cccc2c(c1)[nH]c1c(N)cccc12.O=C(O)c1ccc(Cl)cc1. The molecule has 4 aromatic rings. The number of halogens is 1. The number of H-pyrrole nitrogens is 1. The van der Waals surface area contributed by atoms with Crippen LogP contribution in [-0.4, -0.2) is 28.8 Å². The molecular formula is C27H26ClN3O4. The Bertz CT molecular complexity index is 1430. The number of fused-ring (bicyclic) bond motifs is 3. The van der Waals surface area contributed by atoms with Gasteiger partial charge in [-0.15, -0.1) is 0 Å². The predicted octanol–water partition coefficient (Wildman–Crippen LogP) is 6.34. The fraction of sp³-hybridized carbons (Fsp3) is 0.148. The lowest BCUT2D eigenvalue weighted by molar-refractivity contribution is 0.0697. The van der Waals surface area contributed by atoms with Crippen molar-refractivity contribution in [2.45, 2.75) is 19.8 Å². The van der Waals surface area contributed by atoms with E-state index < -0.39 is 12.1 Å². The number of rotatable bonds is 5. The predicted molar refractivity (Wildman–Crippen MR) is 140 cm³/mol. The maximum Gasteiger partial charge on any atom is 0.434 e. The van der Waals surface area contributed by atoms with Gasteiger partial charge >= 0.3 is 12.1 Å². The number of carboxylic acid groups (broad SMARTS) is 1. The molecule has 35 heavy (non-hydrogen) atoms. The van der Waals surface area contributed by atoms with Crippen LogP contribution in [0.5, 0.6) is 0 Å². The van der Waals surface area contributed by atoms with E-state index in [1.807, 2.05) is 55.5 Å². The first-order chi connectivity index (χ1) is 16.9. The smallest absolute Gasteiger partial charge is 0.434 e. The molecule has 0 aliphatic rings. The van der Waals surface area contributed by atoms with Crippen LogP contribution in [0.3, 0.4) is 0 Å². The van der Waals surface area contributed by atoms with E-state index in [9.17, 15) is 9.59 Å². The number of aromatic nitrogens is 1. The molecule has 0 aliphatic heterocycles. The number of nitrogen functional groups attached to an aromatic ring is 1. The maximum atomic E-state index is 11.9. The number of carbonyl (C=O) groups excluding carboxylic acids is 1. The number of anilines is 1. The normalized spacial score (nSPS) is 11.4. The van der Waals surface area contributed by atoms with E-state index >= 15 is 0 Å². The van der Waals surface area contributed by atoms with E-state index in [-0.39, 0.29) is 5.56 Å². The highest BCUT2D eigenvalue weighted by atomic mass is 35.5. The number of aromatic amines is 1. The number of nitrogens with two attached hydrogens (primary N) is 1. The third-order valence-electron chi connectivity index (χ3n) is 5.05. The molecule has 8 heteroatoms. The highest BCUT2D eigenvalue weighted by Gasteiger charge is 2.05. The molecule has 3 aromatic carbocycles. The number of para-hydroxylation sites is 1. The summed E-state index contributed by atoms with van der Waals surface area (Å²) in [5.74, 6) is -0.934. The number of nitrogens with zero attached hydrogens (tertiary/aromatic N) is 1. The van der Waals surface area contributed by atoms with Gasteiger partial charge in [-0.25, -0.2) is 9.59 Å². The highest BCUT2D eigenvalue weighted by molar-refractivity contribution is 6.30. The van der Waals surface area contributed by atoms with Crippen molar-refractivity contribution in [3.8, 4) is 0 Å². The molecule has 0 bridgehead atoms. The van der Waals surface area contributed by atoms with Crippen molar-refractivity contribution >= 4 is 51.2 Å². The van der Waals surface area contributed by atoms with Crippen molar-refractivity contribution in [2.24, 2.45) is 4.99 Å². The van der Waals surface area contributed by atoms with Crippen LogP contribution in [0.4, 0.5) is 10.5 Å². The molecule has 0 atom stereocenters. The quantitative estimate of drug-likeness (QED) is 0.171. The van der Waals surface area contributed by atoms with Crippen LogP contribution >= 0.6 is 11.6 Å². The molecule has 7 nitrogen and oxygen atoms in total. The van der Waals surface area contributed by atoms with Gasteiger partial charge in [-0.2, -0.15) is 4.99 Å². The average Bonchev–Trinajstić information content (AvgIpc) is 3.06. The van der Waals surface area contributed by atoms with Crippen LogP contribution in [0.1, 0.15) is 30.1 Å². The molecule has 0 saturated heterocycles. The van der Waals surface area contributed by atoms with Crippen molar-refractivity contribution in [2.75, 3.05) is 12.3 Å². The van der Waals surface area contributed by atoms with Crippen molar-refractivity contribution in [1.82, 2.24) is 4.98 Å². The topological polar surface area (TPSA) is 118 Å². The minimum atomic E-state index is -0.934. The van der Waals surface area contributed by atoms with Crippen LogP contribution < -0.4 is 11.1 Å². The molecule has 180 valence electrons. The van der Waals surface area contributed by atoms with Crippen LogP contribution in [-0.2, 0) is 4.74 Å². The van der Waals surface area contributed by atoms with E-state index in [2.05, 4.69) is 9.98 Å². The Kier molecular flexibility index (Phi) is 9.03. The van der Waals surface area contributed by atoms with E-state index in [0.29, 0.717) is 22.7 Å². The Morgan fingerprint density at radius 1 is 1.09 bits per heavy atom. The number of hydrogen-bond acceptors (Lipinski definition) is 4. The van der Waals surface area contributed by atoms with Gasteiger partial charge in [0.25, 0.3) is 0 Å². The first-order valence-electron chi connectivity index (χ1n) is 11.0. The van der Waals surface area contributed by atoms with Crippen molar-refractivity contribution < 1.29 is 19.4 Å². The number of carboxylic acids is 1. The second-order valence-electron chi connectivity index (χ2n) is 7.57. The molecule has 1 amide bonds. The summed E-state index contributed by atoms with van der Waals surface area (Å²) >= 11 is 5.52. The van der Waals surface area contributed by atoms with Crippen molar-refractivity contribution in [1.29, 1.82) is 0 Å². The molecule has 0 radical (unpaired) electrons. The molecule has 4 N–H and O–H groups in total. The monoisotopic (exact) mass is 491 g/mol. The number of unbranched alkanes of at least 4 members (excludes halogenated alkanes) is 1. The fourth-order valence-corrected chi connectivity index (χ4v) is 3.47. The van der Waals surface area contributed by atoms with Gasteiger partial charge in [0.1, 0.15) is 0 Å². The minimum absolute atomic E-state index is 0.254. The maximum absolute atomic E-state index is 11.9. The lowest BCUT2D eigenvalue weighted by Gasteiger charge is -1.98. The van der Waals surface area contributed by atoms with E-state index in [1.54, 1.807) is 18.2 Å². The highest BCUT2D eigenvalue weighted by Crippen LogP contribution is 2.27. The molecule has 0 fully saturated rings. The van der Waals surface area contributed by atoms with E-state index in [0.717, 1.165) is 34.6 Å². The van der Waals surface area contributed by atoms with Crippen molar-refractivity contribution in [3.63, 3.8) is 0 Å². The molecular weight excluding hydrogens is 466 g/mol. The summed E-state index contributed by atoms with van der Waals surface area (Å²) in [6.07, 6.45) is 5.13. The van der Waals surface area contributed by atoms with Gasteiger partial charge < -0.3 is 20.6 Å². The van der Waals surface area contributed by atoms with Crippen LogP contribution in [0, 0.1) is 0 Å². The summed E-state index contributed by atoms with van der Waals surface area (Å²) in [4.78, 5) is 29.5. The summed E-state index contributed by atoms with van der Waals surface area (Å²) < 4.78 is 5.14. The minimum Gasteiger partial charge on any atom is -0.478 e. The number of amides is 1. The Labute approximate surface area is 207 Å². The standard InChI is InChI=1S/C20H21N3O2.C7H5ClO2/c1-2-3-4-5-12-25-20(24)22-14-8-6-9-15-16-10-7-11-17(21)19(16)23-18(15)13-14;8-6-3-1-5(2-4-6)7(9)10/h2-3,6-11,13,23H,4-5,12,21H2,1H3;1-4H,(H,9,10)/b3-2+,22-14?;. The number of carbonyl (C=O) groups is 2. The van der Waals surface area contributed by atoms with E-state index in [1.165, 1.54) is 12.1 Å². The molecule has 0 aliphatic carbocycles. The van der Waals surface area contributed by atoms with Gasteiger partial charge in [0, 0.05) is 21.3 Å². The summed E-state index contributed by atoms with van der Waals surface area (Å²) in [6.45, 7) is 2.33. The van der Waals surface area contributed by atoms with Crippen molar-refractivity contribution in [3.05, 3.63) is 94.8 Å². The first-order valence-corrected chi connectivity index (χ1v) is 11.4. The number of nitrogens with one attached hydrogen (secondary N) is 1. The number of hydrogen-bond donors (Lipinski definition) is 3. The third-order valence-corrected chi connectivity index (χ3v) is 5.30. The molecule has 0 saturated carbocycles. The Balaban J connectivity index is 0.000000287. The second-order valence-corrected chi connectivity index (χ2v) is 8.00. The van der Waals surface area contributed by atoms with Gasteiger partial charge in [0.15, 0.2) is 0 Å². The zero-order valence-electron chi connectivity index (χ0n) is 19.2. The third kappa shape index (κ3) is 7.19. The lowest BCUT2D eigenvalue weighted by Crippen LogP contribution is -2.07. The summed E-state index contributed by atoms with van der Waals surface area (Å²) in [6, 6.07) is 19.3. The molecule has 4 rings (SSSR count). The van der Waals surface area contributed by atoms with Crippen LogP contribution in [0.2, 0.25) is 5.02 Å². The fourth-order valence-electron chi connectivity index (χ4n) is 3.34. The zero-order chi connectivity index (χ0) is 25.2. The summed E-state index contributed by atoms with van der Waals surface area (Å²) in [5, 5.41) is 11.6. The largest absolute Gasteiger partial charge is 0.478 e. The number of allylic oxidation sites excluding steroid dienone is 2. The lowest BCUT2D eigenvalue weighted by atomic mass is 10.2. The van der Waals surface area contributed by atoms with Gasteiger partial charge in [-0.05, 0) is 62.2 Å². The van der Waals surface area contributed by atoms with Crippen LogP contribution in [0.25, 0.3) is 21.8 Å². The first kappa shape index (κ1) is 25.5. The molecule has 0 unspecified atom stereocenters. The van der Waals surface area contributed by atoms with Gasteiger partial charge in [0.2, 0.25) is 0 Å². The second kappa shape index (κ2) is 12.4. The van der Waals surface area contributed by atoms with E-state index in [4.69, 9.17) is 27.2 Å². The molecule has 0 spiro atoms. The molecule has 1 aromatic heterocycles. The average molecular weight is 492 g/mol. The van der Waals surface area contributed by atoms with Gasteiger partial charge in [-0.1, -0.05) is 48.0 Å². The Morgan fingerprint density at radius 3 is 2.51 bits per heavy atom. The van der Waals surface area contributed by atoms with Gasteiger partial charge in [0.05, 0.1) is 28.7 Å². The Morgan fingerprint density at radius 2 is 1.80 bits per heavy atom. The number of ether oxygens (including phenoxy) is 1. The number of benzene rings is 2. The summed E-state index contributed by atoms with van der Waals surface area (Å²) in [7, 11) is 0. The van der Waals surface area contributed by atoms with Crippen LogP contribution in [0.15, 0.2) is 83.9 Å².